The molecule has 0 bridgehead atoms. The lowest BCUT2D eigenvalue weighted by atomic mass is 10.1. The molecule has 1 N–H and O–H groups in total. The lowest BCUT2D eigenvalue weighted by molar-refractivity contribution is 0.0694. The molecule has 7 rings (SSSR count). The number of piperazine rings is 1. The summed E-state index contributed by atoms with van der Waals surface area (Å²) < 4.78 is 35.4. The molecule has 0 radical (unpaired) electrons. The highest BCUT2D eigenvalue weighted by molar-refractivity contribution is 7.71. The zero-order valence-electron chi connectivity index (χ0n) is 24.1. The summed E-state index contributed by atoms with van der Waals surface area (Å²) >= 11 is 5.89. The molecule has 3 aromatic heterocycles. The molecule has 13 heteroatoms. The van der Waals surface area contributed by atoms with E-state index in [9.17, 15) is 19.1 Å². The number of anilines is 1. The van der Waals surface area contributed by atoms with Crippen LogP contribution >= 0.6 is 12.2 Å². The van der Waals surface area contributed by atoms with E-state index in [4.69, 9.17) is 17.3 Å². The number of pyridine rings is 2. The van der Waals surface area contributed by atoms with Gasteiger partial charge in [-0.1, -0.05) is 30.3 Å². The average Bonchev–Trinajstić information content (AvgIpc) is 3.71. The number of hydrogen-bond acceptors (Lipinski definition) is 7. The van der Waals surface area contributed by atoms with Crippen LogP contribution in [-0.4, -0.2) is 72.2 Å². The third-order valence-electron chi connectivity index (χ3n) is 8.46. The smallest absolute Gasteiger partial charge is 0.341 e. The summed E-state index contributed by atoms with van der Waals surface area (Å²) in [6, 6.07) is 15.9. The Hall–Kier alpha value is -4.75. The van der Waals surface area contributed by atoms with E-state index in [-0.39, 0.29) is 17.5 Å². The minimum Gasteiger partial charge on any atom is -0.477 e. The number of nitrogens with zero attached hydrogens (tertiary/aromatic N) is 7. The lowest BCUT2D eigenvalue weighted by Gasteiger charge is -2.36. The van der Waals surface area contributed by atoms with Crippen LogP contribution in [0.1, 0.15) is 28.4 Å². The van der Waals surface area contributed by atoms with Gasteiger partial charge in [0.2, 0.25) is 5.43 Å². The Morgan fingerprint density at radius 1 is 1.04 bits per heavy atom. The molecule has 2 fully saturated rings. The first-order valence-electron chi connectivity index (χ1n) is 14.6. The molecule has 4 heterocycles. The number of rotatable bonds is 8. The number of carbonyl (C=O) groups is 1. The minimum absolute atomic E-state index is 0.0700. The van der Waals surface area contributed by atoms with Gasteiger partial charge in [0.15, 0.2) is 10.6 Å². The summed E-state index contributed by atoms with van der Waals surface area (Å²) in [4.78, 5) is 32.7. The number of carboxylic acids is 1. The van der Waals surface area contributed by atoms with Crippen molar-refractivity contribution in [3.05, 3.63) is 105 Å². The van der Waals surface area contributed by atoms with Crippen LogP contribution in [-0.2, 0) is 13.2 Å². The van der Waals surface area contributed by atoms with Crippen LogP contribution in [0.25, 0.3) is 22.3 Å². The van der Waals surface area contributed by atoms with Gasteiger partial charge in [-0.25, -0.2) is 18.3 Å². The van der Waals surface area contributed by atoms with Crippen LogP contribution in [0.3, 0.4) is 0 Å². The second kappa shape index (κ2) is 11.6. The number of halogens is 2. The molecule has 0 unspecified atom stereocenters. The molecular formula is C32H29F2N7O3S. The first-order chi connectivity index (χ1) is 21.8. The van der Waals surface area contributed by atoms with E-state index in [1.165, 1.54) is 10.8 Å². The summed E-state index contributed by atoms with van der Waals surface area (Å²) in [5, 5.41) is 14.3. The van der Waals surface area contributed by atoms with Crippen molar-refractivity contribution in [1.29, 1.82) is 0 Å². The van der Waals surface area contributed by atoms with Crippen molar-refractivity contribution in [2.24, 2.45) is 0 Å². The van der Waals surface area contributed by atoms with Crippen molar-refractivity contribution in [3.8, 4) is 11.4 Å². The van der Waals surface area contributed by atoms with E-state index in [1.807, 2.05) is 56.6 Å². The highest BCUT2D eigenvalue weighted by Crippen LogP contribution is 2.41. The molecule has 1 aliphatic carbocycles. The number of carboxylic acid groups (broad SMARTS) is 1. The van der Waals surface area contributed by atoms with E-state index in [0.717, 1.165) is 23.0 Å². The maximum atomic E-state index is 15.5. The Labute approximate surface area is 261 Å². The zero-order valence-corrected chi connectivity index (χ0v) is 24.9. The molecule has 230 valence electrons. The first kappa shape index (κ1) is 29.0. The number of benzene rings is 2. The molecule has 2 aromatic carbocycles. The highest BCUT2D eigenvalue weighted by atomic mass is 32.1. The maximum absolute atomic E-state index is 15.5. The van der Waals surface area contributed by atoms with Gasteiger partial charge in [0, 0.05) is 62.1 Å². The molecule has 0 spiro atoms. The number of aromatic carboxylic acids is 1. The third-order valence-corrected chi connectivity index (χ3v) is 8.89. The van der Waals surface area contributed by atoms with Crippen molar-refractivity contribution < 1.29 is 18.7 Å². The first-order valence-corrected chi connectivity index (χ1v) is 15.0. The van der Waals surface area contributed by atoms with Gasteiger partial charge in [-0.05, 0) is 42.0 Å². The van der Waals surface area contributed by atoms with Gasteiger partial charge in [-0.15, -0.1) is 0 Å². The molecule has 1 saturated heterocycles. The molecule has 5 aromatic rings. The fourth-order valence-electron chi connectivity index (χ4n) is 5.94. The van der Waals surface area contributed by atoms with E-state index in [2.05, 4.69) is 9.88 Å². The van der Waals surface area contributed by atoms with E-state index in [0.29, 0.717) is 49.7 Å². The van der Waals surface area contributed by atoms with Gasteiger partial charge >= 0.3 is 5.97 Å². The second-order valence-corrected chi connectivity index (χ2v) is 11.7. The Kier molecular flexibility index (Phi) is 7.50. The van der Waals surface area contributed by atoms with Crippen molar-refractivity contribution in [2.75, 3.05) is 31.1 Å². The molecule has 2 atom stereocenters. The fraction of sp³-hybridized carbons (Fsp3) is 0.281. The predicted octanol–water partition coefficient (Wildman–Crippen LogP) is 4.74. The third kappa shape index (κ3) is 5.53. The average molecular weight is 630 g/mol. The topological polar surface area (TPSA) is 101 Å². The molecule has 1 saturated carbocycles. The Morgan fingerprint density at radius 2 is 1.76 bits per heavy atom. The summed E-state index contributed by atoms with van der Waals surface area (Å²) in [6.07, 6.45) is 3.70. The van der Waals surface area contributed by atoms with E-state index < -0.39 is 35.0 Å². The van der Waals surface area contributed by atoms with Crippen molar-refractivity contribution in [2.45, 2.75) is 31.8 Å². The van der Waals surface area contributed by atoms with Crippen LogP contribution < -0.4 is 10.3 Å². The van der Waals surface area contributed by atoms with E-state index in [1.54, 1.807) is 18.5 Å². The standard InChI is InChI=1S/C32H29F2N7O3S/c33-24-14-22-26(39(28-15-25(28)34)18-23(29(22)42)31(43)44)16-27(24)38-12-10-37(11-13-38)19-41-32(45)40(17-20-4-2-1-3-5-20)30(36-41)21-6-8-35-9-7-21/h1-9,14,16,18,25,28H,10-13,15,17,19H2,(H,43,44)/t25-,28+/m0/s1. The van der Waals surface area contributed by atoms with Crippen LogP contribution in [0.5, 0.6) is 0 Å². The molecule has 0 amide bonds. The van der Waals surface area contributed by atoms with Gasteiger partial charge in [0.25, 0.3) is 0 Å². The molecular weight excluding hydrogens is 600 g/mol. The Bertz CT molecular complexity index is 2020. The van der Waals surface area contributed by atoms with Gasteiger partial charge < -0.3 is 14.6 Å². The van der Waals surface area contributed by atoms with Crippen LogP contribution in [0.4, 0.5) is 14.5 Å². The summed E-state index contributed by atoms with van der Waals surface area (Å²) in [6.45, 7) is 3.18. The fourth-order valence-corrected chi connectivity index (χ4v) is 6.19. The maximum Gasteiger partial charge on any atom is 0.341 e. The lowest BCUT2D eigenvalue weighted by Crippen LogP contribution is -2.47. The summed E-state index contributed by atoms with van der Waals surface area (Å²) in [7, 11) is 0. The largest absolute Gasteiger partial charge is 0.477 e. The molecule has 10 nitrogen and oxygen atoms in total. The van der Waals surface area contributed by atoms with Crippen LogP contribution in [0, 0.1) is 10.6 Å². The summed E-state index contributed by atoms with van der Waals surface area (Å²) in [5.41, 5.74) is 1.34. The molecule has 2 aliphatic rings. The van der Waals surface area contributed by atoms with Gasteiger partial charge in [-0.2, -0.15) is 5.10 Å². The quantitative estimate of drug-likeness (QED) is 0.246. The van der Waals surface area contributed by atoms with Gasteiger partial charge in [0.1, 0.15) is 17.6 Å². The number of aromatic nitrogens is 5. The van der Waals surface area contributed by atoms with Crippen molar-refractivity contribution >= 4 is 34.8 Å². The molecule has 45 heavy (non-hydrogen) atoms. The highest BCUT2D eigenvalue weighted by Gasteiger charge is 2.40. The second-order valence-electron chi connectivity index (χ2n) is 11.4. The van der Waals surface area contributed by atoms with Crippen LogP contribution in [0.2, 0.25) is 0 Å². The monoisotopic (exact) mass is 629 g/mol. The van der Waals surface area contributed by atoms with Crippen molar-refractivity contribution in [1.82, 2.24) is 28.8 Å². The number of alkyl halides is 1. The SMILES string of the molecule is O=C(O)c1cn([C@@H]2C[C@@H]2F)c2cc(N3CCN(Cn4nc(-c5ccncc5)n(Cc5ccccc5)c4=S)CC3)c(F)cc2c1=O. The van der Waals surface area contributed by atoms with Gasteiger partial charge in [0.05, 0.1) is 30.5 Å². The minimum atomic E-state index is -1.43. The van der Waals surface area contributed by atoms with Gasteiger partial charge in [-0.3, -0.25) is 19.2 Å². The molecule has 1 aliphatic heterocycles. The predicted molar refractivity (Wildman–Crippen MR) is 167 cm³/mol. The normalized spacial score (nSPS) is 18.4. The zero-order chi connectivity index (χ0) is 31.2. The Balaban J connectivity index is 1.13. The Morgan fingerprint density at radius 3 is 2.42 bits per heavy atom. The number of fused-ring (bicyclic) bond motifs is 1. The van der Waals surface area contributed by atoms with Crippen LogP contribution in [0.15, 0.2) is 78.0 Å². The van der Waals surface area contributed by atoms with Crippen molar-refractivity contribution in [3.63, 3.8) is 0 Å². The van der Waals surface area contributed by atoms with E-state index >= 15 is 4.39 Å². The number of hydrogen-bond donors (Lipinski definition) is 1. The summed E-state index contributed by atoms with van der Waals surface area (Å²) in [5.74, 6) is -1.31.